The lowest BCUT2D eigenvalue weighted by atomic mass is 10.2. The van der Waals surface area contributed by atoms with Gasteiger partial charge in [0.2, 0.25) is 15.9 Å². The van der Waals surface area contributed by atoms with Gasteiger partial charge in [-0.25, -0.2) is 12.8 Å². The number of rotatable bonds is 4. The lowest BCUT2D eigenvalue weighted by molar-refractivity contribution is -0.127. The van der Waals surface area contributed by atoms with E-state index < -0.39 is 10.0 Å². The van der Waals surface area contributed by atoms with Gasteiger partial charge in [-0.3, -0.25) is 4.79 Å². The summed E-state index contributed by atoms with van der Waals surface area (Å²) in [7, 11) is -3.53. The SMILES string of the molecule is O=C(/C=C/c1ccc(F)cc1)N1CCN(S(=O)(=O)c2ccccc2)CC1. The summed E-state index contributed by atoms with van der Waals surface area (Å²) in [4.78, 5) is 14.1. The molecule has 0 saturated carbocycles. The Balaban J connectivity index is 1.59. The van der Waals surface area contributed by atoms with Crippen molar-refractivity contribution in [2.45, 2.75) is 4.90 Å². The molecule has 1 aliphatic heterocycles. The standard InChI is InChI=1S/C19H19FN2O3S/c20-17-9-6-16(7-10-17)8-11-19(23)21-12-14-22(15-13-21)26(24,25)18-4-2-1-3-5-18/h1-11H,12-15H2/b11-8+. The molecule has 2 aromatic carbocycles. The average Bonchev–Trinajstić information content (AvgIpc) is 2.68. The molecular formula is C19H19FN2O3S. The molecule has 1 amide bonds. The number of carbonyl (C=O) groups excluding carboxylic acids is 1. The Bertz CT molecular complexity index is 888. The number of piperazine rings is 1. The van der Waals surface area contributed by atoms with Crippen LogP contribution in [0.5, 0.6) is 0 Å². The summed E-state index contributed by atoms with van der Waals surface area (Å²) < 4.78 is 39.4. The number of sulfonamides is 1. The van der Waals surface area contributed by atoms with Gasteiger partial charge in [0.1, 0.15) is 5.82 Å². The molecule has 0 unspecified atom stereocenters. The minimum atomic E-state index is -3.53. The van der Waals surface area contributed by atoms with Crippen molar-refractivity contribution in [1.82, 2.24) is 9.21 Å². The number of halogens is 1. The molecule has 136 valence electrons. The van der Waals surface area contributed by atoms with Gasteiger partial charge in [-0.05, 0) is 35.9 Å². The number of benzene rings is 2. The molecule has 7 heteroatoms. The van der Waals surface area contributed by atoms with Crippen LogP contribution in [-0.4, -0.2) is 49.7 Å². The molecule has 1 saturated heterocycles. The van der Waals surface area contributed by atoms with Gasteiger partial charge in [-0.15, -0.1) is 0 Å². The fraction of sp³-hybridized carbons (Fsp3) is 0.211. The summed E-state index contributed by atoms with van der Waals surface area (Å²) in [6.07, 6.45) is 3.05. The number of nitrogens with zero attached hydrogens (tertiary/aromatic N) is 2. The Morgan fingerprint density at radius 3 is 2.15 bits per heavy atom. The Morgan fingerprint density at radius 1 is 0.923 bits per heavy atom. The third-order valence-corrected chi connectivity index (χ3v) is 6.13. The topological polar surface area (TPSA) is 57.7 Å². The highest BCUT2D eigenvalue weighted by Crippen LogP contribution is 2.17. The second-order valence-electron chi connectivity index (χ2n) is 5.93. The van der Waals surface area contributed by atoms with Crippen molar-refractivity contribution in [3.8, 4) is 0 Å². The summed E-state index contributed by atoms with van der Waals surface area (Å²) in [5, 5.41) is 0. The van der Waals surface area contributed by atoms with Crippen LogP contribution in [0.4, 0.5) is 4.39 Å². The van der Waals surface area contributed by atoms with Crippen LogP contribution < -0.4 is 0 Å². The van der Waals surface area contributed by atoms with Crippen LogP contribution >= 0.6 is 0 Å². The van der Waals surface area contributed by atoms with Crippen molar-refractivity contribution in [2.75, 3.05) is 26.2 Å². The minimum absolute atomic E-state index is 0.189. The van der Waals surface area contributed by atoms with Gasteiger partial charge in [0.05, 0.1) is 4.90 Å². The zero-order valence-electron chi connectivity index (χ0n) is 14.1. The smallest absolute Gasteiger partial charge is 0.246 e. The molecule has 0 aromatic heterocycles. The fourth-order valence-corrected chi connectivity index (χ4v) is 4.18. The first-order valence-electron chi connectivity index (χ1n) is 8.24. The maximum absolute atomic E-state index is 12.9. The van der Waals surface area contributed by atoms with Gasteiger partial charge < -0.3 is 4.90 Å². The highest BCUT2D eigenvalue weighted by atomic mass is 32.2. The average molecular weight is 374 g/mol. The van der Waals surface area contributed by atoms with Crippen molar-refractivity contribution in [3.63, 3.8) is 0 Å². The lowest BCUT2D eigenvalue weighted by Gasteiger charge is -2.33. The summed E-state index contributed by atoms with van der Waals surface area (Å²) >= 11 is 0. The van der Waals surface area contributed by atoms with E-state index in [0.29, 0.717) is 13.1 Å². The Hall–Kier alpha value is -2.51. The fourth-order valence-electron chi connectivity index (χ4n) is 2.74. The highest BCUT2D eigenvalue weighted by Gasteiger charge is 2.29. The van der Waals surface area contributed by atoms with Crippen molar-refractivity contribution in [1.29, 1.82) is 0 Å². The van der Waals surface area contributed by atoms with Crippen molar-refractivity contribution >= 4 is 22.0 Å². The highest BCUT2D eigenvalue weighted by molar-refractivity contribution is 7.89. The first-order chi connectivity index (χ1) is 12.5. The van der Waals surface area contributed by atoms with E-state index in [0.717, 1.165) is 5.56 Å². The van der Waals surface area contributed by atoms with Crippen molar-refractivity contribution in [2.24, 2.45) is 0 Å². The molecule has 0 spiro atoms. The molecule has 2 aromatic rings. The second-order valence-corrected chi connectivity index (χ2v) is 7.87. The van der Waals surface area contributed by atoms with E-state index in [1.807, 2.05) is 0 Å². The third-order valence-electron chi connectivity index (χ3n) is 4.22. The lowest BCUT2D eigenvalue weighted by Crippen LogP contribution is -2.50. The molecular weight excluding hydrogens is 355 g/mol. The van der Waals surface area contributed by atoms with Crippen LogP contribution in [0.1, 0.15) is 5.56 Å². The third kappa shape index (κ3) is 4.17. The minimum Gasteiger partial charge on any atom is -0.337 e. The Morgan fingerprint density at radius 2 is 1.54 bits per heavy atom. The maximum Gasteiger partial charge on any atom is 0.246 e. The summed E-state index contributed by atoms with van der Waals surface area (Å²) in [6.45, 7) is 1.18. The molecule has 0 bridgehead atoms. The van der Waals surface area contributed by atoms with Crippen LogP contribution in [-0.2, 0) is 14.8 Å². The van der Waals surface area contributed by atoms with Gasteiger partial charge >= 0.3 is 0 Å². The van der Waals surface area contributed by atoms with E-state index in [9.17, 15) is 17.6 Å². The van der Waals surface area contributed by atoms with Crippen LogP contribution in [0.25, 0.3) is 6.08 Å². The van der Waals surface area contributed by atoms with Crippen LogP contribution in [0.2, 0.25) is 0 Å². The summed E-state index contributed by atoms with van der Waals surface area (Å²) in [5.74, 6) is -0.518. The molecule has 1 aliphatic rings. The number of amides is 1. The van der Waals surface area contributed by atoms with Gasteiger partial charge in [0.15, 0.2) is 0 Å². The van der Waals surface area contributed by atoms with Crippen LogP contribution in [0.15, 0.2) is 65.6 Å². The molecule has 0 radical (unpaired) electrons. The summed E-state index contributed by atoms with van der Waals surface area (Å²) in [6, 6.07) is 14.1. The van der Waals surface area contributed by atoms with Crippen molar-refractivity contribution in [3.05, 3.63) is 72.1 Å². The van der Waals surface area contributed by atoms with Gasteiger partial charge in [0.25, 0.3) is 0 Å². The van der Waals surface area contributed by atoms with Gasteiger partial charge in [-0.2, -0.15) is 4.31 Å². The molecule has 1 fully saturated rings. The van der Waals surface area contributed by atoms with Crippen LogP contribution in [0, 0.1) is 5.82 Å². The second kappa shape index (κ2) is 7.80. The van der Waals surface area contributed by atoms with E-state index >= 15 is 0 Å². The molecule has 0 aliphatic carbocycles. The van der Waals surface area contributed by atoms with E-state index in [2.05, 4.69) is 0 Å². The van der Waals surface area contributed by atoms with E-state index in [-0.39, 0.29) is 29.7 Å². The normalized spacial score (nSPS) is 16.1. The van der Waals surface area contributed by atoms with E-state index in [4.69, 9.17) is 0 Å². The zero-order chi connectivity index (χ0) is 18.6. The number of hydrogen-bond acceptors (Lipinski definition) is 3. The molecule has 0 atom stereocenters. The van der Waals surface area contributed by atoms with E-state index in [1.165, 1.54) is 22.5 Å². The van der Waals surface area contributed by atoms with Gasteiger partial charge in [-0.1, -0.05) is 30.3 Å². The molecule has 5 nitrogen and oxygen atoms in total. The quantitative estimate of drug-likeness (QED) is 0.772. The molecule has 3 rings (SSSR count). The maximum atomic E-state index is 12.9. The molecule has 26 heavy (non-hydrogen) atoms. The monoisotopic (exact) mass is 374 g/mol. The predicted molar refractivity (Wildman–Crippen MR) is 97.2 cm³/mol. The predicted octanol–water partition coefficient (Wildman–Crippen LogP) is 2.37. The number of carbonyl (C=O) groups is 1. The van der Waals surface area contributed by atoms with Crippen LogP contribution in [0.3, 0.4) is 0 Å². The molecule has 0 N–H and O–H groups in total. The Kier molecular flexibility index (Phi) is 5.49. The largest absolute Gasteiger partial charge is 0.337 e. The first-order valence-corrected chi connectivity index (χ1v) is 9.68. The zero-order valence-corrected chi connectivity index (χ0v) is 14.9. The van der Waals surface area contributed by atoms with E-state index in [1.54, 1.807) is 53.4 Å². The first kappa shape index (κ1) is 18.3. The van der Waals surface area contributed by atoms with Crippen molar-refractivity contribution < 1.29 is 17.6 Å². The molecule has 1 heterocycles. The summed E-state index contributed by atoms with van der Waals surface area (Å²) in [5.41, 5.74) is 0.727. The number of hydrogen-bond donors (Lipinski definition) is 0. The van der Waals surface area contributed by atoms with Gasteiger partial charge in [0, 0.05) is 32.3 Å². The Labute approximate surface area is 152 Å².